The summed E-state index contributed by atoms with van der Waals surface area (Å²) in [6, 6.07) is 13.6. The molecule has 0 atom stereocenters. The quantitative estimate of drug-likeness (QED) is 0.406. The Bertz CT molecular complexity index is 1080. The van der Waals surface area contributed by atoms with Crippen molar-refractivity contribution in [2.45, 2.75) is 76.3 Å². The zero-order valence-corrected chi connectivity index (χ0v) is 19.8. The third kappa shape index (κ3) is 4.20. The van der Waals surface area contributed by atoms with Gasteiger partial charge in [0.25, 0.3) is 0 Å². The number of nitrogens with zero attached hydrogens (tertiary/aromatic N) is 3. The summed E-state index contributed by atoms with van der Waals surface area (Å²) in [6.07, 6.45) is 11.8. The second-order valence-electron chi connectivity index (χ2n) is 9.91. The molecule has 1 saturated carbocycles. The van der Waals surface area contributed by atoms with Gasteiger partial charge in [-0.15, -0.1) is 0 Å². The van der Waals surface area contributed by atoms with Crippen molar-refractivity contribution in [1.29, 1.82) is 0 Å². The van der Waals surface area contributed by atoms with E-state index in [0.29, 0.717) is 11.6 Å². The van der Waals surface area contributed by atoms with Gasteiger partial charge in [-0.25, -0.2) is 9.37 Å². The third-order valence-electron chi connectivity index (χ3n) is 7.80. The summed E-state index contributed by atoms with van der Waals surface area (Å²) in [5.41, 5.74) is 3.35. The topological polar surface area (TPSA) is 21.1 Å². The lowest BCUT2D eigenvalue weighted by atomic mass is 9.82. The van der Waals surface area contributed by atoms with Gasteiger partial charge in [-0.1, -0.05) is 55.8 Å². The van der Waals surface area contributed by atoms with Gasteiger partial charge in [0.15, 0.2) is 0 Å². The van der Waals surface area contributed by atoms with Gasteiger partial charge in [-0.3, -0.25) is 4.90 Å². The number of para-hydroxylation sites is 2. The van der Waals surface area contributed by atoms with Crippen LogP contribution in [-0.4, -0.2) is 33.1 Å². The lowest BCUT2D eigenvalue weighted by molar-refractivity contribution is 0.0443. The molecule has 1 saturated heterocycles. The van der Waals surface area contributed by atoms with Crippen LogP contribution in [0.25, 0.3) is 22.4 Å². The minimum atomic E-state index is -0.390. The van der Waals surface area contributed by atoms with Crippen LogP contribution in [0.4, 0.5) is 4.39 Å². The van der Waals surface area contributed by atoms with Crippen molar-refractivity contribution in [1.82, 2.24) is 14.5 Å². The van der Waals surface area contributed by atoms with E-state index in [0.717, 1.165) is 48.4 Å². The average Bonchev–Trinajstić information content (AvgIpc) is 3.18. The smallest absolute Gasteiger partial charge is 0.141 e. The van der Waals surface area contributed by atoms with E-state index in [1.807, 2.05) is 6.07 Å². The third-order valence-corrected chi connectivity index (χ3v) is 8.09. The molecule has 170 valence electrons. The van der Waals surface area contributed by atoms with Crippen LogP contribution in [0.15, 0.2) is 42.5 Å². The maximum atomic E-state index is 13.8. The van der Waals surface area contributed by atoms with Crippen LogP contribution in [0.2, 0.25) is 5.02 Å². The van der Waals surface area contributed by atoms with Crippen molar-refractivity contribution in [3.63, 3.8) is 0 Å². The van der Waals surface area contributed by atoms with Crippen LogP contribution in [0.5, 0.6) is 0 Å². The molecular formula is C27H33ClFN3. The number of likely N-dealkylation sites (tertiary alicyclic amines) is 1. The summed E-state index contributed by atoms with van der Waals surface area (Å²) in [5, 5.41) is 0.146. The van der Waals surface area contributed by atoms with Gasteiger partial charge in [-0.2, -0.15) is 0 Å². The number of piperidine rings is 1. The molecule has 0 amide bonds. The van der Waals surface area contributed by atoms with Crippen LogP contribution in [0.1, 0.15) is 70.8 Å². The van der Waals surface area contributed by atoms with E-state index in [-0.39, 0.29) is 10.8 Å². The molecule has 2 aliphatic rings. The van der Waals surface area contributed by atoms with Gasteiger partial charge in [0.2, 0.25) is 0 Å². The van der Waals surface area contributed by atoms with Crippen molar-refractivity contribution in [2.75, 3.05) is 13.1 Å². The molecular weight excluding hydrogens is 421 g/mol. The van der Waals surface area contributed by atoms with E-state index in [2.05, 4.69) is 34.6 Å². The van der Waals surface area contributed by atoms with Crippen molar-refractivity contribution < 1.29 is 4.39 Å². The Labute approximate surface area is 195 Å². The second kappa shape index (κ2) is 9.15. The summed E-state index contributed by atoms with van der Waals surface area (Å²) in [4.78, 5) is 7.71. The number of hydrogen-bond acceptors (Lipinski definition) is 2. The van der Waals surface area contributed by atoms with Gasteiger partial charge in [-0.05, 0) is 62.9 Å². The molecule has 1 aromatic heterocycles. The molecule has 2 fully saturated rings. The SMILES string of the molecule is CC1(N2CCC(n3c(-c4ccc(F)c(Cl)c4)nc4ccccc43)CC2)CCCCCCC1. The molecule has 32 heavy (non-hydrogen) atoms. The molecule has 1 aliphatic carbocycles. The fourth-order valence-corrected chi connectivity index (χ4v) is 6.08. The molecule has 5 heteroatoms. The van der Waals surface area contributed by atoms with Crippen LogP contribution >= 0.6 is 11.6 Å². The van der Waals surface area contributed by atoms with E-state index in [1.54, 1.807) is 12.1 Å². The van der Waals surface area contributed by atoms with Crippen molar-refractivity contribution in [3.8, 4) is 11.4 Å². The van der Waals surface area contributed by atoms with Crippen LogP contribution in [0, 0.1) is 5.82 Å². The highest BCUT2D eigenvalue weighted by atomic mass is 35.5. The number of aromatic nitrogens is 2. The van der Waals surface area contributed by atoms with E-state index in [1.165, 1.54) is 51.0 Å². The second-order valence-corrected chi connectivity index (χ2v) is 10.3. The predicted molar refractivity (Wildman–Crippen MR) is 131 cm³/mol. The lowest BCUT2D eigenvalue weighted by Gasteiger charge is -2.46. The van der Waals surface area contributed by atoms with E-state index >= 15 is 0 Å². The fraction of sp³-hybridized carbons (Fsp3) is 0.519. The molecule has 0 radical (unpaired) electrons. The molecule has 3 aromatic rings. The Kier molecular flexibility index (Phi) is 6.26. The van der Waals surface area contributed by atoms with Gasteiger partial charge >= 0.3 is 0 Å². The minimum absolute atomic E-state index is 0.146. The molecule has 0 spiro atoms. The standard InChI is InChI=1S/C27H33ClFN3/c1-27(15-7-3-2-4-8-16-27)31-17-13-21(14-18-31)32-25-10-6-5-9-24(25)30-26(32)20-11-12-23(29)22(28)19-20/h5-6,9-12,19,21H,2-4,7-8,13-18H2,1H3. The Hall–Kier alpha value is -1.91. The van der Waals surface area contributed by atoms with Crippen LogP contribution < -0.4 is 0 Å². The van der Waals surface area contributed by atoms with E-state index < -0.39 is 0 Å². The summed E-state index contributed by atoms with van der Waals surface area (Å²) >= 11 is 6.13. The van der Waals surface area contributed by atoms with E-state index in [4.69, 9.17) is 16.6 Å². The number of imidazole rings is 1. The van der Waals surface area contributed by atoms with Gasteiger partial charge in [0.05, 0.1) is 16.1 Å². The molecule has 2 aromatic carbocycles. The summed E-state index contributed by atoms with van der Waals surface area (Å²) in [6.45, 7) is 4.74. The average molecular weight is 454 g/mol. The molecule has 3 nitrogen and oxygen atoms in total. The highest BCUT2D eigenvalue weighted by Gasteiger charge is 2.35. The molecule has 0 N–H and O–H groups in total. The highest BCUT2D eigenvalue weighted by Crippen LogP contribution is 2.38. The van der Waals surface area contributed by atoms with Crippen LogP contribution in [0.3, 0.4) is 0 Å². The van der Waals surface area contributed by atoms with Gasteiger partial charge in [0.1, 0.15) is 11.6 Å². The number of halogens is 2. The Morgan fingerprint density at radius 2 is 1.66 bits per heavy atom. The molecule has 2 heterocycles. The first kappa shape index (κ1) is 21.9. The Morgan fingerprint density at radius 3 is 2.38 bits per heavy atom. The monoisotopic (exact) mass is 453 g/mol. The van der Waals surface area contributed by atoms with Crippen LogP contribution in [-0.2, 0) is 0 Å². The zero-order chi connectivity index (χ0) is 22.1. The molecule has 1 aliphatic heterocycles. The summed E-state index contributed by atoms with van der Waals surface area (Å²) in [7, 11) is 0. The summed E-state index contributed by atoms with van der Waals surface area (Å²) in [5.74, 6) is 0.502. The van der Waals surface area contributed by atoms with Gasteiger partial charge in [0, 0.05) is 30.2 Å². The first-order valence-electron chi connectivity index (χ1n) is 12.2. The largest absolute Gasteiger partial charge is 0.321 e. The molecule has 0 bridgehead atoms. The maximum Gasteiger partial charge on any atom is 0.141 e. The maximum absolute atomic E-state index is 13.8. The molecule has 5 rings (SSSR count). The summed E-state index contributed by atoms with van der Waals surface area (Å²) < 4.78 is 16.2. The number of rotatable bonds is 3. The van der Waals surface area contributed by atoms with Crippen molar-refractivity contribution in [2.24, 2.45) is 0 Å². The first-order valence-corrected chi connectivity index (χ1v) is 12.6. The zero-order valence-electron chi connectivity index (χ0n) is 19.0. The predicted octanol–water partition coefficient (Wildman–Crippen LogP) is 7.64. The highest BCUT2D eigenvalue weighted by molar-refractivity contribution is 6.31. The Morgan fingerprint density at radius 1 is 0.969 bits per heavy atom. The number of benzene rings is 2. The van der Waals surface area contributed by atoms with E-state index in [9.17, 15) is 4.39 Å². The molecule has 0 unspecified atom stereocenters. The minimum Gasteiger partial charge on any atom is -0.321 e. The lowest BCUT2D eigenvalue weighted by Crippen LogP contribution is -2.50. The van der Waals surface area contributed by atoms with Crippen molar-refractivity contribution >= 4 is 22.6 Å². The first-order chi connectivity index (χ1) is 15.5. The normalized spacial score (nSPS) is 20.8. The van der Waals surface area contributed by atoms with Gasteiger partial charge < -0.3 is 4.57 Å². The number of hydrogen-bond donors (Lipinski definition) is 0. The number of fused-ring (bicyclic) bond motifs is 1. The van der Waals surface area contributed by atoms with Crippen molar-refractivity contribution in [3.05, 3.63) is 53.3 Å². The Balaban J connectivity index is 1.43. The fourth-order valence-electron chi connectivity index (χ4n) is 5.90.